The lowest BCUT2D eigenvalue weighted by molar-refractivity contribution is 0.0688. The van der Waals surface area contributed by atoms with Crippen molar-refractivity contribution in [2.45, 2.75) is 25.4 Å². The number of carbonyl (C=O) groups excluding carboxylic acids is 1. The average Bonchev–Trinajstić information content (AvgIpc) is 3.36. The number of rotatable bonds is 4. The van der Waals surface area contributed by atoms with Gasteiger partial charge in [0.25, 0.3) is 5.91 Å². The maximum absolute atomic E-state index is 13.2. The minimum absolute atomic E-state index is 0.00658. The molecule has 2 atom stereocenters. The van der Waals surface area contributed by atoms with E-state index < -0.39 is 0 Å². The van der Waals surface area contributed by atoms with Crippen LogP contribution in [0.3, 0.4) is 0 Å². The van der Waals surface area contributed by atoms with Crippen LogP contribution in [-0.2, 0) is 18.2 Å². The summed E-state index contributed by atoms with van der Waals surface area (Å²) in [6.07, 6.45) is 2.52. The molecule has 4 rings (SSSR count). The summed E-state index contributed by atoms with van der Waals surface area (Å²) >= 11 is 0. The first kappa shape index (κ1) is 16.8. The van der Waals surface area contributed by atoms with Gasteiger partial charge in [-0.15, -0.1) is 5.10 Å². The van der Waals surface area contributed by atoms with Crippen LogP contribution in [0.1, 0.15) is 34.7 Å². The number of aromatic nitrogens is 3. The molecule has 3 heterocycles. The summed E-state index contributed by atoms with van der Waals surface area (Å²) in [5, 5.41) is 9.21. The Hall–Kier alpha value is -2.67. The van der Waals surface area contributed by atoms with E-state index in [1.165, 1.54) is 0 Å². The van der Waals surface area contributed by atoms with Gasteiger partial charge >= 0.3 is 0 Å². The number of carbonyl (C=O) groups is 1. The third-order valence-corrected chi connectivity index (χ3v) is 5.10. The number of aryl methyl sites for hydroxylation is 2. The van der Waals surface area contributed by atoms with E-state index in [0.717, 1.165) is 28.6 Å². The largest absolute Gasteiger partial charge is 0.451 e. The van der Waals surface area contributed by atoms with Gasteiger partial charge in [0.05, 0.1) is 17.7 Å². The first-order valence-electron chi connectivity index (χ1n) is 8.81. The molecule has 0 saturated carbocycles. The van der Waals surface area contributed by atoms with Crippen LogP contribution < -0.4 is 0 Å². The molecule has 0 aliphatic carbocycles. The molecule has 3 aromatic rings. The van der Waals surface area contributed by atoms with Crippen molar-refractivity contribution in [3.05, 3.63) is 47.5 Å². The van der Waals surface area contributed by atoms with E-state index >= 15 is 0 Å². The summed E-state index contributed by atoms with van der Waals surface area (Å²) in [7, 11) is 3.50. The fourth-order valence-electron chi connectivity index (χ4n) is 3.76. The number of amides is 1. The number of nitrogens with zero attached hydrogens (tertiary/aromatic N) is 4. The van der Waals surface area contributed by atoms with Crippen molar-refractivity contribution in [1.29, 1.82) is 0 Å². The molecule has 7 heteroatoms. The minimum Gasteiger partial charge on any atom is -0.451 e. The van der Waals surface area contributed by atoms with Gasteiger partial charge in [-0.1, -0.05) is 30.3 Å². The van der Waals surface area contributed by atoms with E-state index in [1.54, 1.807) is 16.7 Å². The van der Waals surface area contributed by atoms with Gasteiger partial charge in [-0.25, -0.2) is 0 Å². The predicted octanol–water partition coefficient (Wildman–Crippen LogP) is 2.38. The lowest BCUT2D eigenvalue weighted by Crippen LogP contribution is -2.30. The maximum Gasteiger partial charge on any atom is 0.290 e. The molecule has 1 aromatic carbocycles. The lowest BCUT2D eigenvalue weighted by Gasteiger charge is -2.15. The van der Waals surface area contributed by atoms with Crippen LogP contribution in [0.2, 0.25) is 0 Å². The van der Waals surface area contributed by atoms with Crippen LogP contribution in [0.4, 0.5) is 0 Å². The van der Waals surface area contributed by atoms with Crippen molar-refractivity contribution >= 4 is 16.9 Å². The van der Waals surface area contributed by atoms with Crippen molar-refractivity contribution in [3.63, 3.8) is 0 Å². The standard InChI is InChI=1S/C19H22N4O3/c1-4-12-13-7-5-6-8-16(13)26-18(12)19(24)23-9-14(17(11-23)25-3)15-10-22(2)21-20-15/h5-8,10,14,17H,4,9,11H2,1-3H3/t14-,17+/m0/s1. The zero-order valence-corrected chi connectivity index (χ0v) is 15.2. The molecule has 0 bridgehead atoms. The second-order valence-electron chi connectivity index (χ2n) is 6.67. The van der Waals surface area contributed by atoms with Crippen molar-refractivity contribution in [3.8, 4) is 0 Å². The van der Waals surface area contributed by atoms with Gasteiger partial charge < -0.3 is 14.1 Å². The Morgan fingerprint density at radius 3 is 2.85 bits per heavy atom. The predicted molar refractivity (Wildman–Crippen MR) is 96.0 cm³/mol. The molecule has 7 nitrogen and oxygen atoms in total. The number of likely N-dealkylation sites (tertiary alicyclic amines) is 1. The first-order chi connectivity index (χ1) is 12.6. The summed E-state index contributed by atoms with van der Waals surface area (Å²) < 4.78 is 13.2. The third kappa shape index (κ3) is 2.68. The van der Waals surface area contributed by atoms with Crippen molar-refractivity contribution < 1.29 is 13.9 Å². The van der Waals surface area contributed by atoms with Crippen LogP contribution in [-0.4, -0.2) is 52.1 Å². The van der Waals surface area contributed by atoms with Gasteiger partial charge in [0.2, 0.25) is 0 Å². The molecular weight excluding hydrogens is 332 g/mol. The van der Waals surface area contributed by atoms with Gasteiger partial charge in [-0.3, -0.25) is 9.48 Å². The number of fused-ring (bicyclic) bond motifs is 1. The molecule has 0 radical (unpaired) electrons. The molecule has 2 aromatic heterocycles. The Kier molecular flexibility index (Phi) is 4.24. The molecule has 1 fully saturated rings. The highest BCUT2D eigenvalue weighted by atomic mass is 16.5. The van der Waals surface area contributed by atoms with Crippen LogP contribution in [0.15, 0.2) is 34.9 Å². The monoisotopic (exact) mass is 354 g/mol. The molecule has 136 valence electrons. The quantitative estimate of drug-likeness (QED) is 0.719. The first-order valence-corrected chi connectivity index (χ1v) is 8.81. The Morgan fingerprint density at radius 1 is 1.35 bits per heavy atom. The summed E-state index contributed by atoms with van der Waals surface area (Å²) in [4.78, 5) is 15.0. The van der Waals surface area contributed by atoms with E-state index in [1.807, 2.05) is 44.4 Å². The summed E-state index contributed by atoms with van der Waals surface area (Å²) in [6.45, 7) is 3.09. The number of ether oxygens (including phenoxy) is 1. The van der Waals surface area contributed by atoms with E-state index in [4.69, 9.17) is 9.15 Å². The zero-order chi connectivity index (χ0) is 18.3. The molecule has 0 spiro atoms. The Balaban J connectivity index is 1.65. The van der Waals surface area contributed by atoms with Gasteiger partial charge in [-0.05, 0) is 12.5 Å². The molecule has 1 saturated heterocycles. The second-order valence-corrected chi connectivity index (χ2v) is 6.67. The summed E-state index contributed by atoms with van der Waals surface area (Å²) in [5.41, 5.74) is 2.55. The summed E-state index contributed by atoms with van der Waals surface area (Å²) in [5.74, 6) is 0.349. The highest BCUT2D eigenvalue weighted by Crippen LogP contribution is 2.32. The number of benzene rings is 1. The van der Waals surface area contributed by atoms with Gasteiger partial charge in [-0.2, -0.15) is 0 Å². The second kappa shape index (κ2) is 6.57. The number of methoxy groups -OCH3 is 1. The van der Waals surface area contributed by atoms with Gasteiger partial charge in [0, 0.05) is 44.4 Å². The number of para-hydroxylation sites is 1. The molecule has 26 heavy (non-hydrogen) atoms. The molecular formula is C19H22N4O3. The fraction of sp³-hybridized carbons (Fsp3) is 0.421. The SMILES string of the molecule is CCc1c(C(=O)N2C[C@@H](OC)[C@H](c3cn(C)nn3)C2)oc2ccccc12. The van der Waals surface area contributed by atoms with Crippen molar-refractivity contribution in [1.82, 2.24) is 19.9 Å². The van der Waals surface area contributed by atoms with Gasteiger partial charge in [0.1, 0.15) is 5.58 Å². The molecule has 1 aliphatic heterocycles. The van der Waals surface area contributed by atoms with Crippen LogP contribution in [0, 0.1) is 0 Å². The van der Waals surface area contributed by atoms with Crippen LogP contribution in [0.25, 0.3) is 11.0 Å². The molecule has 1 aliphatic rings. The van der Waals surface area contributed by atoms with Gasteiger partial charge in [0.15, 0.2) is 5.76 Å². The fourth-order valence-corrected chi connectivity index (χ4v) is 3.76. The van der Waals surface area contributed by atoms with E-state index in [2.05, 4.69) is 10.3 Å². The van der Waals surface area contributed by atoms with E-state index in [0.29, 0.717) is 18.8 Å². The molecule has 0 N–H and O–H groups in total. The Labute approximate surface area is 151 Å². The molecule has 1 amide bonds. The molecule has 0 unspecified atom stereocenters. The highest BCUT2D eigenvalue weighted by molar-refractivity contribution is 5.99. The minimum atomic E-state index is -0.106. The normalized spacial score (nSPS) is 20.2. The average molecular weight is 354 g/mol. The van der Waals surface area contributed by atoms with Crippen molar-refractivity contribution in [2.24, 2.45) is 7.05 Å². The number of hydrogen-bond donors (Lipinski definition) is 0. The zero-order valence-electron chi connectivity index (χ0n) is 15.2. The van der Waals surface area contributed by atoms with Crippen LogP contribution in [0.5, 0.6) is 0 Å². The number of hydrogen-bond acceptors (Lipinski definition) is 5. The topological polar surface area (TPSA) is 73.4 Å². The summed E-state index contributed by atoms with van der Waals surface area (Å²) in [6, 6.07) is 7.78. The Morgan fingerprint density at radius 2 is 2.15 bits per heavy atom. The Bertz CT molecular complexity index is 945. The van der Waals surface area contributed by atoms with E-state index in [-0.39, 0.29) is 17.9 Å². The van der Waals surface area contributed by atoms with Crippen molar-refractivity contribution in [2.75, 3.05) is 20.2 Å². The van der Waals surface area contributed by atoms with Crippen LogP contribution >= 0.6 is 0 Å². The third-order valence-electron chi connectivity index (χ3n) is 5.10. The van der Waals surface area contributed by atoms with E-state index in [9.17, 15) is 4.79 Å². The smallest absolute Gasteiger partial charge is 0.290 e. The maximum atomic E-state index is 13.2. The number of furan rings is 1. The highest BCUT2D eigenvalue weighted by Gasteiger charge is 2.39. The lowest BCUT2D eigenvalue weighted by atomic mass is 10.0.